The Morgan fingerprint density at radius 1 is 1.17 bits per heavy atom. The number of carbonyl (C=O) groups excluding carboxylic acids is 1. The number of rotatable bonds is 4. The SMILES string of the molecule is CCn1nc(C(=O)N2CCCC2)c2c1CCN(Cc1coc3ccccc3c1=O)C2. The van der Waals surface area contributed by atoms with E-state index in [4.69, 9.17) is 4.42 Å². The van der Waals surface area contributed by atoms with Crippen molar-refractivity contribution >= 4 is 16.9 Å². The highest BCUT2D eigenvalue weighted by atomic mass is 16.3. The number of amides is 1. The average Bonchev–Trinajstić information content (AvgIpc) is 3.43. The Kier molecular flexibility index (Phi) is 4.90. The molecule has 0 atom stereocenters. The third-order valence-electron chi connectivity index (χ3n) is 6.25. The van der Waals surface area contributed by atoms with Gasteiger partial charge in [0.15, 0.2) is 11.1 Å². The van der Waals surface area contributed by atoms with Crippen molar-refractivity contribution in [3.05, 3.63) is 63.3 Å². The Labute approximate surface area is 174 Å². The predicted molar refractivity (Wildman–Crippen MR) is 113 cm³/mol. The molecule has 2 aromatic heterocycles. The molecule has 0 saturated carbocycles. The maximum absolute atomic E-state index is 13.1. The van der Waals surface area contributed by atoms with Crippen LogP contribution in [0, 0.1) is 0 Å². The highest BCUT2D eigenvalue weighted by molar-refractivity contribution is 5.94. The first-order chi connectivity index (χ1) is 14.7. The van der Waals surface area contributed by atoms with Gasteiger partial charge in [0.25, 0.3) is 5.91 Å². The molecule has 1 aromatic carbocycles. The summed E-state index contributed by atoms with van der Waals surface area (Å²) in [6.07, 6.45) is 4.52. The number of likely N-dealkylation sites (tertiary alicyclic amines) is 1. The number of hydrogen-bond donors (Lipinski definition) is 0. The van der Waals surface area contributed by atoms with Crippen LogP contribution >= 0.6 is 0 Å². The molecule has 30 heavy (non-hydrogen) atoms. The summed E-state index contributed by atoms with van der Waals surface area (Å²) in [6.45, 7) is 6.39. The Morgan fingerprint density at radius 3 is 2.77 bits per heavy atom. The molecule has 0 aliphatic carbocycles. The van der Waals surface area contributed by atoms with Crippen molar-refractivity contribution in [2.75, 3.05) is 19.6 Å². The standard InChI is InChI=1S/C23H26N4O3/c1-2-27-19-9-12-25(13-16-15-30-20-8-4-3-7-17(20)22(16)28)14-18(19)21(24-27)23(29)26-10-5-6-11-26/h3-4,7-8,15H,2,5-6,9-14H2,1H3. The highest BCUT2D eigenvalue weighted by Gasteiger charge is 2.31. The molecule has 3 aromatic rings. The first-order valence-electron chi connectivity index (χ1n) is 10.8. The highest BCUT2D eigenvalue weighted by Crippen LogP contribution is 2.26. The van der Waals surface area contributed by atoms with Gasteiger partial charge in [0.05, 0.1) is 11.6 Å². The fourth-order valence-electron chi connectivity index (χ4n) is 4.65. The van der Waals surface area contributed by atoms with Crippen LogP contribution in [0.15, 0.2) is 39.7 Å². The van der Waals surface area contributed by atoms with Gasteiger partial charge in [0.2, 0.25) is 0 Å². The van der Waals surface area contributed by atoms with E-state index in [1.807, 2.05) is 27.8 Å². The fourth-order valence-corrected chi connectivity index (χ4v) is 4.65. The number of hydrogen-bond acceptors (Lipinski definition) is 5. The second-order valence-electron chi connectivity index (χ2n) is 8.14. The number of benzene rings is 1. The summed E-state index contributed by atoms with van der Waals surface area (Å²) in [4.78, 5) is 30.1. The van der Waals surface area contributed by atoms with E-state index in [9.17, 15) is 9.59 Å². The Balaban J connectivity index is 1.43. The van der Waals surface area contributed by atoms with Crippen LogP contribution in [-0.4, -0.2) is 45.1 Å². The first kappa shape index (κ1) is 19.1. The molecule has 2 aliphatic rings. The van der Waals surface area contributed by atoms with Crippen LogP contribution in [-0.2, 0) is 26.1 Å². The van der Waals surface area contributed by atoms with Gasteiger partial charge in [-0.05, 0) is 31.9 Å². The van der Waals surface area contributed by atoms with Gasteiger partial charge in [-0.15, -0.1) is 0 Å². The van der Waals surface area contributed by atoms with E-state index < -0.39 is 0 Å². The second-order valence-corrected chi connectivity index (χ2v) is 8.14. The van der Waals surface area contributed by atoms with Gasteiger partial charge in [-0.2, -0.15) is 5.10 Å². The van der Waals surface area contributed by atoms with Crippen LogP contribution in [0.1, 0.15) is 47.1 Å². The van der Waals surface area contributed by atoms with Crippen LogP contribution in [0.25, 0.3) is 11.0 Å². The van der Waals surface area contributed by atoms with Crippen LogP contribution in [0.4, 0.5) is 0 Å². The van der Waals surface area contributed by atoms with E-state index in [0.717, 1.165) is 56.7 Å². The van der Waals surface area contributed by atoms with E-state index in [1.165, 1.54) is 0 Å². The van der Waals surface area contributed by atoms with Crippen molar-refractivity contribution in [3.63, 3.8) is 0 Å². The van der Waals surface area contributed by atoms with E-state index in [0.29, 0.717) is 35.3 Å². The van der Waals surface area contributed by atoms with Crippen molar-refractivity contribution in [2.24, 2.45) is 0 Å². The molecular weight excluding hydrogens is 380 g/mol. The van der Waals surface area contributed by atoms with Crippen LogP contribution in [0.5, 0.6) is 0 Å². The van der Waals surface area contributed by atoms with Gasteiger partial charge in [-0.25, -0.2) is 0 Å². The van der Waals surface area contributed by atoms with Crippen molar-refractivity contribution < 1.29 is 9.21 Å². The number of aromatic nitrogens is 2. The third-order valence-corrected chi connectivity index (χ3v) is 6.25. The molecule has 0 unspecified atom stereocenters. The fraction of sp³-hybridized carbons (Fsp3) is 0.435. The summed E-state index contributed by atoms with van der Waals surface area (Å²) in [7, 11) is 0. The molecule has 2 aliphatic heterocycles. The molecule has 1 fully saturated rings. The summed E-state index contributed by atoms with van der Waals surface area (Å²) in [5.41, 5.74) is 4.03. The van der Waals surface area contributed by atoms with Gasteiger partial charge >= 0.3 is 0 Å². The zero-order valence-corrected chi connectivity index (χ0v) is 17.3. The van der Waals surface area contributed by atoms with Crippen molar-refractivity contribution in [1.29, 1.82) is 0 Å². The average molecular weight is 406 g/mol. The van der Waals surface area contributed by atoms with Gasteiger partial charge in [0, 0.05) is 62.5 Å². The van der Waals surface area contributed by atoms with E-state index in [2.05, 4.69) is 16.9 Å². The molecule has 0 bridgehead atoms. The summed E-state index contributed by atoms with van der Waals surface area (Å²) in [5, 5.41) is 5.28. The van der Waals surface area contributed by atoms with Crippen LogP contribution in [0.3, 0.4) is 0 Å². The lowest BCUT2D eigenvalue weighted by Crippen LogP contribution is -2.34. The number of aryl methyl sites for hydroxylation is 1. The number of para-hydroxylation sites is 1. The first-order valence-corrected chi connectivity index (χ1v) is 10.8. The Hall–Kier alpha value is -2.93. The van der Waals surface area contributed by atoms with Crippen molar-refractivity contribution in [1.82, 2.24) is 19.6 Å². The molecule has 1 amide bonds. The van der Waals surface area contributed by atoms with E-state index in [1.54, 1.807) is 12.3 Å². The maximum Gasteiger partial charge on any atom is 0.274 e. The maximum atomic E-state index is 13.1. The minimum absolute atomic E-state index is 0.0141. The summed E-state index contributed by atoms with van der Waals surface area (Å²) in [5.74, 6) is 0.0445. The zero-order chi connectivity index (χ0) is 20.7. The molecule has 1 saturated heterocycles. The number of fused-ring (bicyclic) bond motifs is 2. The summed E-state index contributed by atoms with van der Waals surface area (Å²) < 4.78 is 7.65. The second kappa shape index (κ2) is 7.72. The topological polar surface area (TPSA) is 71.6 Å². The van der Waals surface area contributed by atoms with Crippen LogP contribution < -0.4 is 5.43 Å². The molecule has 156 valence electrons. The monoisotopic (exact) mass is 406 g/mol. The molecule has 0 N–H and O–H groups in total. The molecule has 0 spiro atoms. The number of carbonyl (C=O) groups is 1. The predicted octanol–water partition coefficient (Wildman–Crippen LogP) is 2.80. The Bertz CT molecular complexity index is 1160. The minimum Gasteiger partial charge on any atom is -0.464 e. The Morgan fingerprint density at radius 2 is 1.97 bits per heavy atom. The van der Waals surface area contributed by atoms with Gasteiger partial charge < -0.3 is 9.32 Å². The van der Waals surface area contributed by atoms with Crippen molar-refractivity contribution in [2.45, 2.75) is 45.8 Å². The van der Waals surface area contributed by atoms with Crippen LogP contribution in [0.2, 0.25) is 0 Å². The molecule has 0 radical (unpaired) electrons. The lowest BCUT2D eigenvalue weighted by atomic mass is 10.0. The van der Waals surface area contributed by atoms with Crippen molar-refractivity contribution in [3.8, 4) is 0 Å². The molecule has 7 nitrogen and oxygen atoms in total. The minimum atomic E-state index is 0.0141. The molecule has 4 heterocycles. The number of nitrogens with zero attached hydrogens (tertiary/aromatic N) is 4. The van der Waals surface area contributed by atoms with E-state index >= 15 is 0 Å². The summed E-state index contributed by atoms with van der Waals surface area (Å²) >= 11 is 0. The molecule has 7 heteroatoms. The third kappa shape index (κ3) is 3.23. The molecular formula is C23H26N4O3. The van der Waals surface area contributed by atoms with Gasteiger partial charge in [0.1, 0.15) is 5.58 Å². The lowest BCUT2D eigenvalue weighted by Gasteiger charge is -2.27. The molecule has 5 rings (SSSR count). The van der Waals surface area contributed by atoms with E-state index in [-0.39, 0.29) is 11.3 Å². The quantitative estimate of drug-likeness (QED) is 0.666. The summed E-state index contributed by atoms with van der Waals surface area (Å²) in [6, 6.07) is 7.33. The zero-order valence-electron chi connectivity index (χ0n) is 17.3. The normalized spacial score (nSPS) is 16.9. The smallest absolute Gasteiger partial charge is 0.274 e. The van der Waals surface area contributed by atoms with Gasteiger partial charge in [-0.3, -0.25) is 19.2 Å². The lowest BCUT2D eigenvalue weighted by molar-refractivity contribution is 0.0783. The van der Waals surface area contributed by atoms with Gasteiger partial charge in [-0.1, -0.05) is 12.1 Å². The largest absolute Gasteiger partial charge is 0.464 e.